The SMILES string of the molecule is COc1cc(N)ccc1N.Nc1ccc(N)c(-c2nc3cc(Cl)ccc3o2)c1. The van der Waals surface area contributed by atoms with Crippen molar-refractivity contribution < 1.29 is 9.15 Å². The molecule has 8 heteroatoms. The lowest BCUT2D eigenvalue weighted by Gasteiger charge is -2.03. The summed E-state index contributed by atoms with van der Waals surface area (Å²) in [5.41, 5.74) is 27.1. The lowest BCUT2D eigenvalue weighted by Crippen LogP contribution is -1.93. The van der Waals surface area contributed by atoms with Crippen molar-refractivity contribution in [3.05, 3.63) is 59.6 Å². The average molecular weight is 398 g/mol. The molecule has 0 aliphatic rings. The van der Waals surface area contributed by atoms with Gasteiger partial charge < -0.3 is 32.1 Å². The molecule has 1 heterocycles. The maximum Gasteiger partial charge on any atom is 0.229 e. The number of anilines is 4. The van der Waals surface area contributed by atoms with Gasteiger partial charge in [-0.2, -0.15) is 0 Å². The van der Waals surface area contributed by atoms with Crippen LogP contribution in [0.4, 0.5) is 22.7 Å². The predicted molar refractivity (Wildman–Crippen MR) is 115 cm³/mol. The number of nitrogens with zero attached hydrogens (tertiary/aromatic N) is 1. The molecule has 144 valence electrons. The van der Waals surface area contributed by atoms with Crippen LogP contribution in [0.15, 0.2) is 59.0 Å². The fourth-order valence-corrected chi connectivity index (χ4v) is 2.67. The van der Waals surface area contributed by atoms with E-state index >= 15 is 0 Å². The Morgan fingerprint density at radius 2 is 1.54 bits per heavy atom. The monoisotopic (exact) mass is 397 g/mol. The van der Waals surface area contributed by atoms with E-state index in [-0.39, 0.29) is 0 Å². The molecule has 1 aromatic heterocycles. The highest BCUT2D eigenvalue weighted by atomic mass is 35.5. The molecule has 0 atom stereocenters. The molecular formula is C20H20ClN5O2. The number of methoxy groups -OCH3 is 1. The summed E-state index contributed by atoms with van der Waals surface area (Å²) in [5.74, 6) is 1.07. The van der Waals surface area contributed by atoms with E-state index in [1.54, 1.807) is 61.7 Å². The highest BCUT2D eigenvalue weighted by Crippen LogP contribution is 2.31. The standard InChI is InChI=1S/C13H10ClN3O.C7H10N2O/c14-7-1-4-12-11(5-7)17-13(18-12)9-6-8(15)2-3-10(9)16;1-10-7-4-5(8)2-3-6(7)9/h1-6H,15-16H2;2-4H,8-9H2,1H3. The van der Waals surface area contributed by atoms with Crippen molar-refractivity contribution in [2.45, 2.75) is 0 Å². The minimum absolute atomic E-state index is 0.442. The molecule has 0 fully saturated rings. The van der Waals surface area contributed by atoms with Gasteiger partial charge >= 0.3 is 0 Å². The predicted octanol–water partition coefficient (Wildman–Crippen LogP) is 4.17. The zero-order valence-corrected chi connectivity index (χ0v) is 15.9. The number of hydrogen-bond donors (Lipinski definition) is 4. The first-order chi connectivity index (χ1) is 13.4. The number of nitrogens with two attached hydrogens (primary N) is 4. The Labute approximate surface area is 166 Å². The van der Waals surface area contributed by atoms with Gasteiger partial charge in [0, 0.05) is 28.2 Å². The molecule has 3 aromatic carbocycles. The Kier molecular flexibility index (Phi) is 5.47. The third-order valence-electron chi connectivity index (χ3n) is 3.91. The fourth-order valence-electron chi connectivity index (χ4n) is 2.50. The van der Waals surface area contributed by atoms with Gasteiger partial charge in [0.2, 0.25) is 5.89 Å². The fraction of sp³-hybridized carbons (Fsp3) is 0.0500. The number of halogens is 1. The number of nitrogen functional groups attached to an aromatic ring is 4. The zero-order chi connectivity index (χ0) is 20.3. The van der Waals surface area contributed by atoms with Crippen LogP contribution in [0, 0.1) is 0 Å². The summed E-state index contributed by atoms with van der Waals surface area (Å²) in [4.78, 5) is 4.36. The third kappa shape index (κ3) is 4.21. The summed E-state index contributed by atoms with van der Waals surface area (Å²) in [7, 11) is 1.56. The van der Waals surface area contributed by atoms with E-state index in [2.05, 4.69) is 4.98 Å². The first-order valence-corrected chi connectivity index (χ1v) is 8.65. The molecule has 8 N–H and O–H groups in total. The molecule has 0 unspecified atom stereocenters. The summed E-state index contributed by atoms with van der Waals surface area (Å²) < 4.78 is 10.6. The Bertz CT molecular complexity index is 1130. The van der Waals surface area contributed by atoms with Gasteiger partial charge in [-0.25, -0.2) is 4.98 Å². The lowest BCUT2D eigenvalue weighted by atomic mass is 10.1. The molecule has 0 aliphatic heterocycles. The molecule has 7 nitrogen and oxygen atoms in total. The Hall–Kier alpha value is -3.58. The molecular weight excluding hydrogens is 378 g/mol. The van der Waals surface area contributed by atoms with E-state index in [1.807, 2.05) is 0 Å². The maximum absolute atomic E-state index is 5.90. The van der Waals surface area contributed by atoms with Gasteiger partial charge in [0.1, 0.15) is 11.3 Å². The Morgan fingerprint density at radius 1 is 0.857 bits per heavy atom. The van der Waals surface area contributed by atoms with E-state index in [9.17, 15) is 0 Å². The molecule has 0 aliphatic carbocycles. The zero-order valence-electron chi connectivity index (χ0n) is 15.1. The van der Waals surface area contributed by atoms with Crippen LogP contribution < -0.4 is 27.7 Å². The summed E-state index contributed by atoms with van der Waals surface area (Å²) in [5, 5.41) is 0.614. The highest BCUT2D eigenvalue weighted by Gasteiger charge is 2.11. The van der Waals surface area contributed by atoms with Crippen molar-refractivity contribution >= 4 is 45.5 Å². The normalized spacial score (nSPS) is 10.4. The second-order valence-corrected chi connectivity index (χ2v) is 6.42. The van der Waals surface area contributed by atoms with E-state index in [1.165, 1.54) is 0 Å². The second kappa shape index (κ2) is 7.98. The highest BCUT2D eigenvalue weighted by molar-refractivity contribution is 6.31. The topological polar surface area (TPSA) is 139 Å². The van der Waals surface area contributed by atoms with Gasteiger partial charge in [0.05, 0.1) is 18.4 Å². The minimum Gasteiger partial charge on any atom is -0.495 e. The molecule has 28 heavy (non-hydrogen) atoms. The van der Waals surface area contributed by atoms with Crippen LogP contribution in [0.2, 0.25) is 5.02 Å². The van der Waals surface area contributed by atoms with E-state index in [0.717, 1.165) is 0 Å². The molecule has 0 saturated heterocycles. The van der Waals surface area contributed by atoms with Crippen molar-refractivity contribution in [1.29, 1.82) is 0 Å². The van der Waals surface area contributed by atoms with Gasteiger partial charge in [-0.05, 0) is 48.5 Å². The van der Waals surface area contributed by atoms with E-state index < -0.39 is 0 Å². The summed E-state index contributed by atoms with van der Waals surface area (Å²) >= 11 is 5.90. The van der Waals surface area contributed by atoms with Crippen LogP contribution in [-0.4, -0.2) is 12.1 Å². The molecule has 0 radical (unpaired) electrons. The second-order valence-electron chi connectivity index (χ2n) is 5.98. The number of rotatable bonds is 2. The van der Waals surface area contributed by atoms with Crippen molar-refractivity contribution in [3.8, 4) is 17.2 Å². The third-order valence-corrected chi connectivity index (χ3v) is 4.15. The first-order valence-electron chi connectivity index (χ1n) is 8.28. The first kappa shape index (κ1) is 19.2. The van der Waals surface area contributed by atoms with E-state index in [4.69, 9.17) is 43.7 Å². The molecule has 0 spiro atoms. The van der Waals surface area contributed by atoms with Gasteiger partial charge in [-0.1, -0.05) is 11.6 Å². The van der Waals surface area contributed by atoms with Gasteiger partial charge in [-0.3, -0.25) is 0 Å². The van der Waals surface area contributed by atoms with Crippen LogP contribution in [0.1, 0.15) is 0 Å². The molecule has 4 aromatic rings. The largest absolute Gasteiger partial charge is 0.495 e. The number of aromatic nitrogens is 1. The number of fused-ring (bicyclic) bond motifs is 1. The van der Waals surface area contributed by atoms with E-state index in [0.29, 0.717) is 56.1 Å². The van der Waals surface area contributed by atoms with Crippen LogP contribution in [-0.2, 0) is 0 Å². The molecule has 0 amide bonds. The van der Waals surface area contributed by atoms with Crippen LogP contribution in [0.3, 0.4) is 0 Å². The minimum atomic E-state index is 0.442. The summed E-state index contributed by atoms with van der Waals surface area (Å²) in [6.45, 7) is 0. The number of oxazole rings is 1. The van der Waals surface area contributed by atoms with Crippen molar-refractivity contribution in [2.24, 2.45) is 0 Å². The van der Waals surface area contributed by atoms with Crippen LogP contribution >= 0.6 is 11.6 Å². The van der Waals surface area contributed by atoms with Gasteiger partial charge in [0.15, 0.2) is 5.58 Å². The van der Waals surface area contributed by atoms with Gasteiger partial charge in [0.25, 0.3) is 0 Å². The number of ether oxygens (including phenoxy) is 1. The van der Waals surface area contributed by atoms with Crippen molar-refractivity contribution in [3.63, 3.8) is 0 Å². The van der Waals surface area contributed by atoms with Crippen molar-refractivity contribution in [1.82, 2.24) is 4.98 Å². The molecule has 0 bridgehead atoms. The number of hydrogen-bond acceptors (Lipinski definition) is 7. The van der Waals surface area contributed by atoms with Crippen LogP contribution in [0.5, 0.6) is 5.75 Å². The van der Waals surface area contributed by atoms with Crippen molar-refractivity contribution in [2.75, 3.05) is 30.0 Å². The smallest absolute Gasteiger partial charge is 0.229 e. The van der Waals surface area contributed by atoms with Gasteiger partial charge in [-0.15, -0.1) is 0 Å². The quantitative estimate of drug-likeness (QED) is 0.372. The average Bonchev–Trinajstić information content (AvgIpc) is 3.09. The maximum atomic E-state index is 5.90. The summed E-state index contributed by atoms with van der Waals surface area (Å²) in [6.07, 6.45) is 0. The van der Waals surface area contributed by atoms with Crippen LogP contribution in [0.25, 0.3) is 22.6 Å². The Balaban J connectivity index is 0.000000192. The number of benzene rings is 3. The molecule has 4 rings (SSSR count). The lowest BCUT2D eigenvalue weighted by molar-refractivity contribution is 0.417. The molecule has 0 saturated carbocycles. The Morgan fingerprint density at radius 3 is 2.21 bits per heavy atom. The summed E-state index contributed by atoms with van der Waals surface area (Å²) in [6, 6.07) is 15.6.